The first-order valence-corrected chi connectivity index (χ1v) is 9.65. The quantitative estimate of drug-likeness (QED) is 0.343. The zero-order valence-electron chi connectivity index (χ0n) is 17.4. The number of hydrogen-bond acceptors (Lipinski definition) is 5. The number of nitro benzene ring substituents is 1. The number of benzene rings is 3. The van der Waals surface area contributed by atoms with Gasteiger partial charge in [-0.25, -0.2) is 4.79 Å². The van der Waals surface area contributed by atoms with Gasteiger partial charge in [-0.05, 0) is 44.0 Å². The van der Waals surface area contributed by atoms with E-state index in [-0.39, 0.29) is 11.3 Å². The fourth-order valence-electron chi connectivity index (χ4n) is 3.08. The van der Waals surface area contributed by atoms with E-state index in [0.717, 1.165) is 17.2 Å². The highest BCUT2D eigenvalue weighted by Gasteiger charge is 2.27. The van der Waals surface area contributed by atoms with Gasteiger partial charge in [0.05, 0.1) is 10.5 Å². The Labute approximate surface area is 179 Å². The molecule has 1 N–H and O–H groups in total. The molecule has 0 aliphatic carbocycles. The van der Waals surface area contributed by atoms with Crippen molar-refractivity contribution in [2.45, 2.75) is 26.9 Å². The largest absolute Gasteiger partial charge is 0.444 e. The van der Waals surface area contributed by atoms with Gasteiger partial charge in [0.2, 0.25) is 6.10 Å². The van der Waals surface area contributed by atoms with Crippen molar-refractivity contribution in [3.63, 3.8) is 0 Å². The summed E-state index contributed by atoms with van der Waals surface area (Å²) in [4.78, 5) is 36.5. The smallest absolute Gasteiger partial charge is 0.339 e. The van der Waals surface area contributed by atoms with Crippen LogP contribution in [0.3, 0.4) is 0 Å². The molecule has 0 aliphatic rings. The Kier molecular flexibility index (Phi) is 6.45. The van der Waals surface area contributed by atoms with Crippen LogP contribution in [-0.2, 0) is 9.53 Å². The topological polar surface area (TPSA) is 98.5 Å². The van der Waals surface area contributed by atoms with E-state index in [1.807, 2.05) is 32.0 Å². The summed E-state index contributed by atoms with van der Waals surface area (Å²) in [5.41, 5.74) is 3.18. The lowest BCUT2D eigenvalue weighted by Crippen LogP contribution is -2.26. The van der Waals surface area contributed by atoms with Gasteiger partial charge in [0.25, 0.3) is 11.6 Å². The number of ether oxygens (including phenoxy) is 1. The van der Waals surface area contributed by atoms with Crippen molar-refractivity contribution in [2.24, 2.45) is 0 Å². The minimum absolute atomic E-state index is 0.00207. The monoisotopic (exact) mass is 418 g/mol. The van der Waals surface area contributed by atoms with E-state index in [1.54, 1.807) is 37.3 Å². The molecule has 158 valence electrons. The molecule has 3 aromatic rings. The van der Waals surface area contributed by atoms with Gasteiger partial charge in [-0.2, -0.15) is 0 Å². The van der Waals surface area contributed by atoms with E-state index in [2.05, 4.69) is 5.32 Å². The SMILES string of the molecule is Cc1ccc(C)c(NC(=O)[C@H](OC(=O)c2ccc(C)c([N+](=O)[O-])c2)c2ccccc2)c1. The zero-order chi connectivity index (χ0) is 22.5. The fraction of sp³-hybridized carbons (Fsp3) is 0.167. The summed E-state index contributed by atoms with van der Waals surface area (Å²) >= 11 is 0. The highest BCUT2D eigenvalue weighted by atomic mass is 16.6. The second-order valence-electron chi connectivity index (χ2n) is 7.26. The van der Waals surface area contributed by atoms with Gasteiger partial charge in [-0.3, -0.25) is 14.9 Å². The van der Waals surface area contributed by atoms with Crippen LogP contribution in [0.5, 0.6) is 0 Å². The average Bonchev–Trinajstić information content (AvgIpc) is 2.75. The van der Waals surface area contributed by atoms with E-state index in [0.29, 0.717) is 16.8 Å². The summed E-state index contributed by atoms with van der Waals surface area (Å²) in [6.07, 6.45) is -1.23. The second-order valence-corrected chi connectivity index (χ2v) is 7.26. The van der Waals surface area contributed by atoms with E-state index in [9.17, 15) is 19.7 Å². The van der Waals surface area contributed by atoms with E-state index in [1.165, 1.54) is 12.1 Å². The van der Waals surface area contributed by atoms with Gasteiger partial charge < -0.3 is 10.1 Å². The van der Waals surface area contributed by atoms with Crippen molar-refractivity contribution in [1.82, 2.24) is 0 Å². The van der Waals surface area contributed by atoms with Gasteiger partial charge in [0.15, 0.2) is 0 Å². The Morgan fingerprint density at radius 1 is 0.935 bits per heavy atom. The van der Waals surface area contributed by atoms with Crippen LogP contribution in [0, 0.1) is 30.9 Å². The molecular formula is C24H22N2O5. The second kappa shape index (κ2) is 9.21. The van der Waals surface area contributed by atoms with Gasteiger partial charge >= 0.3 is 5.97 Å². The maximum Gasteiger partial charge on any atom is 0.339 e. The standard InChI is InChI=1S/C24H22N2O5/c1-15-9-10-16(2)20(13-15)25-23(27)22(18-7-5-4-6-8-18)31-24(28)19-12-11-17(3)21(14-19)26(29)30/h4-14,22H,1-3H3,(H,25,27)/t22-/m1/s1. The summed E-state index contributed by atoms with van der Waals surface area (Å²) < 4.78 is 5.53. The van der Waals surface area contributed by atoms with Crippen molar-refractivity contribution in [3.05, 3.63) is 105 Å². The first kappa shape index (κ1) is 21.7. The maximum atomic E-state index is 13.1. The molecule has 0 radical (unpaired) electrons. The average molecular weight is 418 g/mol. The van der Waals surface area contributed by atoms with Crippen LogP contribution in [-0.4, -0.2) is 16.8 Å². The molecule has 1 amide bonds. The third-order valence-corrected chi connectivity index (χ3v) is 4.86. The number of anilines is 1. The van der Waals surface area contributed by atoms with Crippen LogP contribution in [0.15, 0.2) is 66.7 Å². The third kappa shape index (κ3) is 5.14. The molecule has 0 saturated heterocycles. The molecule has 7 heteroatoms. The van der Waals surface area contributed by atoms with E-state index in [4.69, 9.17) is 4.74 Å². The molecule has 0 fully saturated rings. The van der Waals surface area contributed by atoms with Crippen LogP contribution < -0.4 is 5.32 Å². The molecule has 0 bridgehead atoms. The zero-order valence-corrected chi connectivity index (χ0v) is 17.4. The van der Waals surface area contributed by atoms with Crippen molar-refractivity contribution < 1.29 is 19.2 Å². The van der Waals surface area contributed by atoms with Crippen molar-refractivity contribution >= 4 is 23.3 Å². The van der Waals surface area contributed by atoms with E-state index >= 15 is 0 Å². The number of amides is 1. The number of rotatable bonds is 6. The third-order valence-electron chi connectivity index (χ3n) is 4.86. The Balaban J connectivity index is 1.90. The highest BCUT2D eigenvalue weighted by Crippen LogP contribution is 2.25. The van der Waals surface area contributed by atoms with Crippen LogP contribution in [0.4, 0.5) is 11.4 Å². The number of carbonyl (C=O) groups is 2. The summed E-state index contributed by atoms with van der Waals surface area (Å²) in [6, 6.07) is 18.3. The molecule has 7 nitrogen and oxygen atoms in total. The Morgan fingerprint density at radius 3 is 2.29 bits per heavy atom. The Hall–Kier alpha value is -4.00. The van der Waals surface area contributed by atoms with Crippen LogP contribution in [0.1, 0.15) is 38.7 Å². The summed E-state index contributed by atoms with van der Waals surface area (Å²) in [6.45, 7) is 5.36. The van der Waals surface area contributed by atoms with Gasteiger partial charge in [-0.1, -0.05) is 48.5 Å². The molecule has 3 aromatic carbocycles. The normalized spacial score (nSPS) is 11.5. The minimum Gasteiger partial charge on any atom is -0.444 e. The number of nitro groups is 1. The first-order chi connectivity index (χ1) is 14.8. The van der Waals surface area contributed by atoms with Crippen LogP contribution in [0.2, 0.25) is 0 Å². The Morgan fingerprint density at radius 2 is 1.61 bits per heavy atom. The fourth-order valence-corrected chi connectivity index (χ4v) is 3.08. The number of hydrogen-bond donors (Lipinski definition) is 1. The van der Waals surface area contributed by atoms with Gasteiger partial charge in [0, 0.05) is 22.9 Å². The minimum atomic E-state index is -1.23. The molecule has 0 aromatic heterocycles. The molecule has 1 atom stereocenters. The molecule has 0 unspecified atom stereocenters. The number of esters is 1. The first-order valence-electron chi connectivity index (χ1n) is 9.65. The lowest BCUT2D eigenvalue weighted by atomic mass is 10.1. The maximum absolute atomic E-state index is 13.1. The molecule has 0 heterocycles. The number of carbonyl (C=O) groups excluding carboxylic acids is 2. The molecule has 0 saturated carbocycles. The van der Waals surface area contributed by atoms with Crippen LogP contribution in [0.25, 0.3) is 0 Å². The Bertz CT molecular complexity index is 1140. The molecule has 0 spiro atoms. The van der Waals surface area contributed by atoms with Gasteiger partial charge in [-0.15, -0.1) is 0 Å². The van der Waals surface area contributed by atoms with Crippen LogP contribution >= 0.6 is 0 Å². The summed E-state index contributed by atoms with van der Waals surface area (Å²) in [7, 11) is 0. The number of aryl methyl sites for hydroxylation is 3. The van der Waals surface area contributed by atoms with Crippen molar-refractivity contribution in [2.75, 3.05) is 5.32 Å². The van der Waals surface area contributed by atoms with Crippen molar-refractivity contribution in [1.29, 1.82) is 0 Å². The lowest BCUT2D eigenvalue weighted by Gasteiger charge is -2.19. The molecular weight excluding hydrogens is 396 g/mol. The summed E-state index contributed by atoms with van der Waals surface area (Å²) in [5.74, 6) is -1.34. The predicted octanol–water partition coefficient (Wildman–Crippen LogP) is 5.06. The van der Waals surface area contributed by atoms with Crippen molar-refractivity contribution in [3.8, 4) is 0 Å². The number of nitrogens with one attached hydrogen (secondary N) is 1. The predicted molar refractivity (Wildman–Crippen MR) is 117 cm³/mol. The lowest BCUT2D eigenvalue weighted by molar-refractivity contribution is -0.385. The van der Waals surface area contributed by atoms with Gasteiger partial charge in [0.1, 0.15) is 0 Å². The number of nitrogens with zero attached hydrogens (tertiary/aromatic N) is 1. The highest BCUT2D eigenvalue weighted by molar-refractivity contribution is 5.98. The molecule has 0 aliphatic heterocycles. The molecule has 31 heavy (non-hydrogen) atoms. The van der Waals surface area contributed by atoms with E-state index < -0.39 is 22.9 Å². The molecule has 3 rings (SSSR count). The summed E-state index contributed by atoms with van der Waals surface area (Å²) in [5, 5.41) is 14.0.